The first-order valence-corrected chi connectivity index (χ1v) is 7.77. The van der Waals surface area contributed by atoms with Gasteiger partial charge in [0, 0.05) is 30.4 Å². The van der Waals surface area contributed by atoms with Crippen LogP contribution in [0.25, 0.3) is 0 Å². The topological polar surface area (TPSA) is 56.5 Å². The number of methoxy groups -OCH3 is 1. The third-order valence-electron chi connectivity index (χ3n) is 3.74. The zero-order valence-electron chi connectivity index (χ0n) is 13.7. The molecule has 0 amide bonds. The molecule has 1 N–H and O–H groups in total. The molecule has 2 heterocycles. The van der Waals surface area contributed by atoms with E-state index in [4.69, 9.17) is 13.9 Å². The van der Waals surface area contributed by atoms with Crippen LogP contribution in [0.15, 0.2) is 65.6 Å². The largest absolute Gasteiger partial charge is 0.497 e. The van der Waals surface area contributed by atoms with Gasteiger partial charge in [0.2, 0.25) is 5.88 Å². The lowest BCUT2D eigenvalue weighted by atomic mass is 10.1. The van der Waals surface area contributed by atoms with Crippen LogP contribution in [0.4, 0.5) is 0 Å². The van der Waals surface area contributed by atoms with E-state index in [0.717, 1.165) is 22.6 Å². The minimum Gasteiger partial charge on any atom is -0.497 e. The monoisotopic (exact) mass is 324 g/mol. The molecule has 1 unspecified atom stereocenters. The van der Waals surface area contributed by atoms with Crippen LogP contribution in [0.5, 0.6) is 17.4 Å². The predicted octanol–water partition coefficient (Wildman–Crippen LogP) is 4.33. The minimum absolute atomic E-state index is 0.211. The van der Waals surface area contributed by atoms with Crippen LogP contribution in [-0.2, 0) is 6.54 Å². The van der Waals surface area contributed by atoms with Gasteiger partial charge in [-0.25, -0.2) is 4.98 Å². The van der Waals surface area contributed by atoms with E-state index in [1.807, 2.05) is 42.5 Å². The van der Waals surface area contributed by atoms with E-state index in [-0.39, 0.29) is 6.04 Å². The fraction of sp³-hybridized carbons (Fsp3) is 0.211. The number of furan rings is 1. The highest BCUT2D eigenvalue weighted by Gasteiger charge is 2.07. The maximum atomic E-state index is 5.79. The summed E-state index contributed by atoms with van der Waals surface area (Å²) in [7, 11) is 1.64. The molecular formula is C19H20N2O3. The number of benzene rings is 1. The van der Waals surface area contributed by atoms with E-state index in [1.165, 1.54) is 0 Å². The summed E-state index contributed by atoms with van der Waals surface area (Å²) in [6.45, 7) is 2.81. The molecule has 2 aromatic heterocycles. The molecule has 0 fully saturated rings. The Labute approximate surface area is 141 Å². The van der Waals surface area contributed by atoms with E-state index < -0.39 is 0 Å². The lowest BCUT2D eigenvalue weighted by Crippen LogP contribution is -2.17. The average Bonchev–Trinajstić information content (AvgIpc) is 3.15. The van der Waals surface area contributed by atoms with Gasteiger partial charge in [-0.15, -0.1) is 0 Å². The molecule has 1 atom stereocenters. The molecule has 5 nitrogen and oxygen atoms in total. The van der Waals surface area contributed by atoms with Gasteiger partial charge in [-0.1, -0.05) is 0 Å². The van der Waals surface area contributed by atoms with Crippen molar-refractivity contribution in [3.8, 4) is 17.4 Å². The number of nitrogens with one attached hydrogen (secondary N) is 1. The lowest BCUT2D eigenvalue weighted by Gasteiger charge is -2.12. The second kappa shape index (κ2) is 7.66. The molecule has 0 bridgehead atoms. The summed E-state index contributed by atoms with van der Waals surface area (Å²) in [5, 5.41) is 3.45. The van der Waals surface area contributed by atoms with Crippen LogP contribution >= 0.6 is 0 Å². The van der Waals surface area contributed by atoms with E-state index >= 15 is 0 Å². The molecule has 124 valence electrons. The first-order chi connectivity index (χ1) is 11.7. The molecular weight excluding hydrogens is 304 g/mol. The molecule has 3 rings (SSSR count). The number of pyridine rings is 1. The van der Waals surface area contributed by atoms with Gasteiger partial charge in [0.05, 0.1) is 19.6 Å². The van der Waals surface area contributed by atoms with E-state index in [1.54, 1.807) is 25.8 Å². The van der Waals surface area contributed by atoms with E-state index in [0.29, 0.717) is 12.4 Å². The summed E-state index contributed by atoms with van der Waals surface area (Å²) in [5.74, 6) is 2.08. The molecule has 0 saturated heterocycles. The quantitative estimate of drug-likeness (QED) is 0.701. The van der Waals surface area contributed by atoms with E-state index in [9.17, 15) is 0 Å². The summed E-state index contributed by atoms with van der Waals surface area (Å²) in [6, 6.07) is 13.5. The van der Waals surface area contributed by atoms with Crippen molar-refractivity contribution in [2.45, 2.75) is 19.5 Å². The molecule has 3 aromatic rings. The zero-order valence-corrected chi connectivity index (χ0v) is 13.7. The molecule has 0 spiro atoms. The Morgan fingerprint density at radius 1 is 1.12 bits per heavy atom. The molecule has 0 saturated carbocycles. The van der Waals surface area contributed by atoms with Gasteiger partial charge in [-0.3, -0.25) is 0 Å². The highest BCUT2D eigenvalue weighted by molar-refractivity contribution is 5.34. The number of ether oxygens (including phenoxy) is 2. The van der Waals surface area contributed by atoms with Crippen LogP contribution in [0.1, 0.15) is 24.1 Å². The second-order valence-corrected chi connectivity index (χ2v) is 5.44. The zero-order chi connectivity index (χ0) is 16.8. The SMILES string of the molecule is COc1ccc(Oc2cc(CNC(C)c3ccoc3)ccn2)cc1. The van der Waals surface area contributed by atoms with Crippen molar-refractivity contribution in [2.24, 2.45) is 0 Å². The second-order valence-electron chi connectivity index (χ2n) is 5.44. The van der Waals surface area contributed by atoms with Gasteiger partial charge in [0.25, 0.3) is 0 Å². The summed E-state index contributed by atoms with van der Waals surface area (Å²) in [6.07, 6.45) is 5.18. The van der Waals surface area contributed by atoms with Gasteiger partial charge < -0.3 is 19.2 Å². The number of aromatic nitrogens is 1. The number of nitrogens with zero attached hydrogens (tertiary/aromatic N) is 1. The Bertz CT molecular complexity index is 755. The molecule has 0 aliphatic carbocycles. The number of hydrogen-bond acceptors (Lipinski definition) is 5. The molecule has 0 radical (unpaired) electrons. The highest BCUT2D eigenvalue weighted by Crippen LogP contribution is 2.23. The first kappa shape index (κ1) is 16.1. The maximum absolute atomic E-state index is 5.79. The van der Waals surface area contributed by atoms with Crippen LogP contribution in [0.3, 0.4) is 0 Å². The van der Waals surface area contributed by atoms with Crippen molar-refractivity contribution < 1.29 is 13.9 Å². The number of rotatable bonds is 7. The maximum Gasteiger partial charge on any atom is 0.219 e. The summed E-state index contributed by atoms with van der Waals surface area (Å²) >= 11 is 0. The molecule has 0 aliphatic rings. The van der Waals surface area contributed by atoms with Crippen LogP contribution in [0.2, 0.25) is 0 Å². The lowest BCUT2D eigenvalue weighted by molar-refractivity contribution is 0.412. The van der Waals surface area contributed by atoms with Crippen LogP contribution in [0, 0.1) is 0 Å². The van der Waals surface area contributed by atoms with Crippen molar-refractivity contribution in [1.82, 2.24) is 10.3 Å². The predicted molar refractivity (Wildman–Crippen MR) is 91.3 cm³/mol. The molecule has 24 heavy (non-hydrogen) atoms. The average molecular weight is 324 g/mol. The van der Waals surface area contributed by atoms with Gasteiger partial charge in [0.1, 0.15) is 11.5 Å². The fourth-order valence-corrected chi connectivity index (χ4v) is 2.29. The summed E-state index contributed by atoms with van der Waals surface area (Å²) in [4.78, 5) is 4.26. The highest BCUT2D eigenvalue weighted by atomic mass is 16.5. The Morgan fingerprint density at radius 2 is 1.92 bits per heavy atom. The van der Waals surface area contributed by atoms with E-state index in [2.05, 4.69) is 17.2 Å². The van der Waals surface area contributed by atoms with Gasteiger partial charge in [-0.05, 0) is 48.9 Å². The van der Waals surface area contributed by atoms with Crippen LogP contribution < -0.4 is 14.8 Å². The van der Waals surface area contributed by atoms with Gasteiger partial charge in [0.15, 0.2) is 0 Å². The fourth-order valence-electron chi connectivity index (χ4n) is 2.29. The normalized spacial score (nSPS) is 11.9. The van der Waals surface area contributed by atoms with Crippen molar-refractivity contribution in [3.63, 3.8) is 0 Å². The minimum atomic E-state index is 0.211. The van der Waals surface area contributed by atoms with Crippen molar-refractivity contribution in [1.29, 1.82) is 0 Å². The molecule has 0 aliphatic heterocycles. The summed E-state index contributed by atoms with van der Waals surface area (Å²) in [5.41, 5.74) is 2.22. The smallest absolute Gasteiger partial charge is 0.219 e. The van der Waals surface area contributed by atoms with Crippen molar-refractivity contribution >= 4 is 0 Å². The Balaban J connectivity index is 1.61. The Hall–Kier alpha value is -2.79. The molecule has 5 heteroatoms. The third-order valence-corrected chi connectivity index (χ3v) is 3.74. The third kappa shape index (κ3) is 4.14. The van der Waals surface area contributed by atoms with Gasteiger partial charge >= 0.3 is 0 Å². The standard InChI is InChI=1S/C19H20N2O3/c1-14(16-8-10-23-13-16)21-12-15-7-9-20-19(11-15)24-18-5-3-17(22-2)4-6-18/h3-11,13-14,21H,12H2,1-2H3. The first-order valence-electron chi connectivity index (χ1n) is 7.77. The Kier molecular flexibility index (Phi) is 5.13. The van der Waals surface area contributed by atoms with Crippen LogP contribution in [-0.4, -0.2) is 12.1 Å². The van der Waals surface area contributed by atoms with Crippen molar-refractivity contribution in [3.05, 3.63) is 72.3 Å². The molecule has 1 aromatic carbocycles. The van der Waals surface area contributed by atoms with Gasteiger partial charge in [-0.2, -0.15) is 0 Å². The van der Waals surface area contributed by atoms with Crippen molar-refractivity contribution in [2.75, 3.05) is 7.11 Å². The number of hydrogen-bond donors (Lipinski definition) is 1. The summed E-state index contributed by atoms with van der Waals surface area (Å²) < 4.78 is 16.0. The Morgan fingerprint density at radius 3 is 2.62 bits per heavy atom.